The number of imide groups is 2. The van der Waals surface area contributed by atoms with Crippen LogP contribution < -0.4 is 5.32 Å². The first-order valence-corrected chi connectivity index (χ1v) is 5.91. The molecule has 0 radical (unpaired) electrons. The number of amides is 4. The number of nitrogens with zero attached hydrogens (tertiary/aromatic N) is 1. The van der Waals surface area contributed by atoms with Gasteiger partial charge in [-0.3, -0.25) is 19.8 Å². The molecular formula is C12H20N2O4. The van der Waals surface area contributed by atoms with Crippen LogP contribution in [0.25, 0.3) is 0 Å². The molecule has 1 saturated heterocycles. The van der Waals surface area contributed by atoms with Gasteiger partial charge >= 0.3 is 6.03 Å². The van der Waals surface area contributed by atoms with E-state index in [0.717, 1.165) is 4.90 Å². The Morgan fingerprint density at radius 1 is 1.33 bits per heavy atom. The molecule has 0 aromatic rings. The van der Waals surface area contributed by atoms with E-state index in [1.54, 1.807) is 27.7 Å². The number of hydrogen-bond acceptors (Lipinski definition) is 4. The van der Waals surface area contributed by atoms with Crippen molar-refractivity contribution >= 4 is 17.8 Å². The van der Waals surface area contributed by atoms with E-state index in [1.165, 1.54) is 7.11 Å². The van der Waals surface area contributed by atoms with E-state index >= 15 is 0 Å². The molecule has 0 bridgehead atoms. The highest BCUT2D eigenvalue weighted by Crippen LogP contribution is 2.21. The lowest BCUT2D eigenvalue weighted by Crippen LogP contribution is -2.61. The molecule has 1 aliphatic heterocycles. The molecule has 1 aliphatic rings. The van der Waals surface area contributed by atoms with Crippen LogP contribution in [0.5, 0.6) is 0 Å². The van der Waals surface area contributed by atoms with Crippen LogP contribution in [0.4, 0.5) is 4.79 Å². The molecule has 1 heterocycles. The van der Waals surface area contributed by atoms with Crippen LogP contribution in [0.2, 0.25) is 0 Å². The van der Waals surface area contributed by atoms with Gasteiger partial charge in [0.1, 0.15) is 5.92 Å². The molecule has 1 rings (SSSR count). The number of carbonyl (C=O) groups is 3. The van der Waals surface area contributed by atoms with Crippen molar-refractivity contribution in [2.45, 2.75) is 33.3 Å². The second-order valence-corrected chi connectivity index (χ2v) is 5.40. The fraction of sp³-hybridized carbons (Fsp3) is 0.750. The lowest BCUT2D eigenvalue weighted by Gasteiger charge is -2.36. The average molecular weight is 256 g/mol. The highest BCUT2D eigenvalue weighted by atomic mass is 16.5. The van der Waals surface area contributed by atoms with Crippen molar-refractivity contribution in [3.05, 3.63) is 0 Å². The second kappa shape index (κ2) is 5.06. The topological polar surface area (TPSA) is 75.7 Å². The predicted octanol–water partition coefficient (Wildman–Crippen LogP) is 0.762. The Hall–Kier alpha value is -1.43. The summed E-state index contributed by atoms with van der Waals surface area (Å²) in [7, 11) is 1.51. The van der Waals surface area contributed by atoms with Gasteiger partial charge in [-0.2, -0.15) is 0 Å². The molecule has 102 valence electrons. The molecular weight excluding hydrogens is 236 g/mol. The Labute approximate surface area is 107 Å². The quantitative estimate of drug-likeness (QED) is 0.753. The van der Waals surface area contributed by atoms with Gasteiger partial charge < -0.3 is 4.74 Å². The lowest BCUT2D eigenvalue weighted by molar-refractivity contribution is -0.146. The predicted molar refractivity (Wildman–Crippen MR) is 64.7 cm³/mol. The number of carbonyl (C=O) groups excluding carboxylic acids is 3. The Morgan fingerprint density at radius 2 is 1.89 bits per heavy atom. The van der Waals surface area contributed by atoms with Crippen LogP contribution in [-0.2, 0) is 14.3 Å². The summed E-state index contributed by atoms with van der Waals surface area (Å²) in [6, 6.07) is -0.674. The van der Waals surface area contributed by atoms with Gasteiger partial charge in [-0.05, 0) is 19.8 Å². The first-order chi connectivity index (χ1) is 8.19. The first kappa shape index (κ1) is 14.6. The number of methoxy groups -OCH3 is 1. The van der Waals surface area contributed by atoms with E-state index in [4.69, 9.17) is 4.74 Å². The van der Waals surface area contributed by atoms with E-state index < -0.39 is 29.4 Å². The Kier molecular flexibility index (Phi) is 4.11. The Balaban J connectivity index is 2.94. The van der Waals surface area contributed by atoms with Crippen molar-refractivity contribution in [2.24, 2.45) is 11.8 Å². The van der Waals surface area contributed by atoms with Gasteiger partial charge in [0.2, 0.25) is 11.8 Å². The zero-order valence-corrected chi connectivity index (χ0v) is 11.4. The molecule has 4 amide bonds. The van der Waals surface area contributed by atoms with Gasteiger partial charge in [0, 0.05) is 7.11 Å². The molecule has 0 spiro atoms. The van der Waals surface area contributed by atoms with E-state index in [2.05, 4.69) is 5.32 Å². The SMILES string of the molecule is COC(C)(C)CN1C(=O)NC(=O)C(C(C)C)C1=O. The summed E-state index contributed by atoms with van der Waals surface area (Å²) in [5.74, 6) is -1.94. The van der Waals surface area contributed by atoms with Crippen LogP contribution in [0.1, 0.15) is 27.7 Å². The molecule has 0 saturated carbocycles. The highest BCUT2D eigenvalue weighted by molar-refractivity contribution is 6.16. The van der Waals surface area contributed by atoms with E-state index in [9.17, 15) is 14.4 Å². The number of urea groups is 1. The van der Waals surface area contributed by atoms with Gasteiger partial charge in [-0.25, -0.2) is 4.79 Å². The van der Waals surface area contributed by atoms with Crippen LogP contribution in [0.3, 0.4) is 0 Å². The summed E-state index contributed by atoms with van der Waals surface area (Å²) in [6.45, 7) is 7.21. The van der Waals surface area contributed by atoms with Gasteiger partial charge in [0.25, 0.3) is 0 Å². The van der Waals surface area contributed by atoms with Crippen molar-refractivity contribution in [1.82, 2.24) is 10.2 Å². The average Bonchev–Trinajstić information content (AvgIpc) is 2.23. The van der Waals surface area contributed by atoms with E-state index in [-0.39, 0.29) is 12.5 Å². The smallest absolute Gasteiger partial charge is 0.330 e. The third-order valence-corrected chi connectivity index (χ3v) is 3.05. The lowest BCUT2D eigenvalue weighted by atomic mass is 9.91. The van der Waals surface area contributed by atoms with E-state index in [1.807, 2.05) is 0 Å². The molecule has 1 atom stereocenters. The maximum Gasteiger partial charge on any atom is 0.330 e. The minimum Gasteiger partial charge on any atom is -0.377 e. The summed E-state index contributed by atoms with van der Waals surface area (Å²) in [4.78, 5) is 36.5. The fourth-order valence-corrected chi connectivity index (χ4v) is 1.81. The van der Waals surface area contributed by atoms with Gasteiger partial charge in [-0.15, -0.1) is 0 Å². The summed E-state index contributed by atoms with van der Waals surface area (Å²) >= 11 is 0. The number of rotatable bonds is 4. The maximum atomic E-state index is 12.2. The van der Waals surface area contributed by atoms with Crippen LogP contribution in [-0.4, -0.2) is 42.0 Å². The summed E-state index contributed by atoms with van der Waals surface area (Å²) < 4.78 is 5.20. The second-order valence-electron chi connectivity index (χ2n) is 5.40. The molecule has 0 aromatic carbocycles. The molecule has 0 aromatic heterocycles. The van der Waals surface area contributed by atoms with Crippen molar-refractivity contribution < 1.29 is 19.1 Å². The van der Waals surface area contributed by atoms with Crippen molar-refractivity contribution in [2.75, 3.05) is 13.7 Å². The minimum absolute atomic E-state index is 0.116. The van der Waals surface area contributed by atoms with Crippen LogP contribution in [0.15, 0.2) is 0 Å². The van der Waals surface area contributed by atoms with Crippen molar-refractivity contribution in [3.63, 3.8) is 0 Å². The third-order valence-electron chi connectivity index (χ3n) is 3.05. The van der Waals surface area contributed by atoms with E-state index in [0.29, 0.717) is 0 Å². The van der Waals surface area contributed by atoms with Gasteiger partial charge in [-0.1, -0.05) is 13.8 Å². The number of ether oxygens (including phenoxy) is 1. The molecule has 6 nitrogen and oxygen atoms in total. The summed E-state index contributed by atoms with van der Waals surface area (Å²) in [6.07, 6.45) is 0. The zero-order valence-electron chi connectivity index (χ0n) is 11.4. The fourth-order valence-electron chi connectivity index (χ4n) is 1.81. The number of barbiturate groups is 1. The summed E-state index contributed by atoms with van der Waals surface area (Å²) in [5.41, 5.74) is -0.644. The molecule has 1 N–H and O–H groups in total. The third kappa shape index (κ3) is 2.87. The largest absolute Gasteiger partial charge is 0.377 e. The molecule has 6 heteroatoms. The van der Waals surface area contributed by atoms with Crippen molar-refractivity contribution in [1.29, 1.82) is 0 Å². The Bertz CT molecular complexity index is 376. The molecule has 1 fully saturated rings. The van der Waals surface area contributed by atoms with Gasteiger partial charge in [0.15, 0.2) is 0 Å². The standard InChI is InChI=1S/C12H20N2O4/c1-7(2)8-9(15)13-11(17)14(10(8)16)6-12(3,4)18-5/h7-8H,6H2,1-5H3,(H,13,15,17). The normalized spacial score (nSPS) is 21.6. The Morgan fingerprint density at radius 3 is 2.33 bits per heavy atom. The highest BCUT2D eigenvalue weighted by Gasteiger charge is 2.43. The monoisotopic (exact) mass is 256 g/mol. The van der Waals surface area contributed by atoms with Crippen molar-refractivity contribution in [3.8, 4) is 0 Å². The molecule has 0 aliphatic carbocycles. The van der Waals surface area contributed by atoms with Crippen LogP contribution >= 0.6 is 0 Å². The number of nitrogens with one attached hydrogen (secondary N) is 1. The number of hydrogen-bond donors (Lipinski definition) is 1. The molecule has 1 unspecified atom stereocenters. The maximum absolute atomic E-state index is 12.2. The first-order valence-electron chi connectivity index (χ1n) is 5.91. The van der Waals surface area contributed by atoms with Crippen LogP contribution in [0, 0.1) is 11.8 Å². The zero-order chi connectivity index (χ0) is 14.1. The van der Waals surface area contributed by atoms with Gasteiger partial charge in [0.05, 0.1) is 12.1 Å². The molecule has 18 heavy (non-hydrogen) atoms. The minimum atomic E-state index is -0.810. The summed E-state index contributed by atoms with van der Waals surface area (Å²) in [5, 5.41) is 2.21.